The molecule has 186 valence electrons. The first kappa shape index (κ1) is 25.2. The Labute approximate surface area is 211 Å². The Balaban J connectivity index is 1.54. The molecule has 1 aromatic carbocycles. The van der Waals surface area contributed by atoms with Gasteiger partial charge in [-0.1, -0.05) is 22.9 Å². The minimum Gasteiger partial charge on any atom is -0.492 e. The number of nitrogens with one attached hydrogen (secondary N) is 4. The molecule has 0 unspecified atom stereocenters. The molecule has 5 N–H and O–H groups in total. The zero-order chi connectivity index (χ0) is 25.5. The first-order valence-corrected chi connectivity index (χ1v) is 12.4. The predicted octanol–water partition coefficient (Wildman–Crippen LogP) is 6.17. The van der Waals surface area contributed by atoms with E-state index in [0.717, 1.165) is 41.8 Å². The van der Waals surface area contributed by atoms with E-state index in [1.165, 1.54) is 12.3 Å². The van der Waals surface area contributed by atoms with Gasteiger partial charge in [0.1, 0.15) is 21.3 Å². The lowest BCUT2D eigenvalue weighted by Crippen LogP contribution is -2.30. The van der Waals surface area contributed by atoms with E-state index >= 15 is 0 Å². The summed E-state index contributed by atoms with van der Waals surface area (Å²) in [4.78, 5) is 16.9. The summed E-state index contributed by atoms with van der Waals surface area (Å²) in [5, 5.41) is 26.6. The quantitative estimate of drug-likeness (QED) is 0.179. The van der Waals surface area contributed by atoms with Crippen molar-refractivity contribution in [3.8, 4) is 5.88 Å². The van der Waals surface area contributed by atoms with Crippen molar-refractivity contribution in [3.05, 3.63) is 44.9 Å². The van der Waals surface area contributed by atoms with Crippen molar-refractivity contribution in [1.29, 1.82) is 5.41 Å². The predicted molar refractivity (Wildman–Crippen MR) is 131 cm³/mol. The fraction of sp³-hybridized carbons (Fsp3) is 0.333. The van der Waals surface area contributed by atoms with Crippen molar-refractivity contribution in [2.45, 2.75) is 44.8 Å². The molecule has 14 heteroatoms. The molecule has 4 rings (SSSR count). The van der Waals surface area contributed by atoms with Gasteiger partial charge in [-0.15, -0.1) is 0 Å². The number of alkyl halides is 3. The van der Waals surface area contributed by atoms with Crippen LogP contribution in [-0.4, -0.2) is 32.2 Å². The number of carbonyl (C=O) groups excluding carboxylic acids is 1. The molecule has 1 aliphatic carbocycles. The Bertz CT molecular complexity index is 1290. The summed E-state index contributed by atoms with van der Waals surface area (Å²) in [5.41, 5.74) is -0.851. The third kappa shape index (κ3) is 5.68. The molecule has 0 spiro atoms. The van der Waals surface area contributed by atoms with Gasteiger partial charge in [0.25, 0.3) is 5.91 Å². The maximum atomic E-state index is 13.7. The van der Waals surface area contributed by atoms with Crippen LogP contribution in [-0.2, 0) is 6.18 Å². The van der Waals surface area contributed by atoms with Crippen LogP contribution in [0.1, 0.15) is 59.0 Å². The lowest BCUT2D eigenvalue weighted by Gasteiger charge is -2.17. The number of carbonyl (C=O) groups is 1. The van der Waals surface area contributed by atoms with E-state index in [1.54, 1.807) is 0 Å². The first-order valence-electron chi connectivity index (χ1n) is 10.4. The Kier molecular flexibility index (Phi) is 6.93. The van der Waals surface area contributed by atoms with E-state index < -0.39 is 23.3 Å². The van der Waals surface area contributed by atoms with Gasteiger partial charge < -0.3 is 21.1 Å². The molecule has 0 bridgehead atoms. The van der Waals surface area contributed by atoms with Gasteiger partial charge >= 0.3 is 6.18 Å². The maximum Gasteiger partial charge on any atom is 0.418 e. The molecule has 1 saturated carbocycles. The van der Waals surface area contributed by atoms with Crippen LogP contribution in [0.5, 0.6) is 5.88 Å². The molecule has 35 heavy (non-hydrogen) atoms. The minimum atomic E-state index is -4.70. The molecule has 0 atom stereocenters. The van der Waals surface area contributed by atoms with Crippen molar-refractivity contribution in [2.75, 3.05) is 10.6 Å². The molecular formula is C21H20ClF3N6O2S2. The number of anilines is 3. The molecule has 1 aliphatic rings. The Hall–Kier alpha value is -2.90. The molecule has 0 aliphatic heterocycles. The minimum absolute atomic E-state index is 0.0358. The number of thiazole rings is 1. The number of amidine groups is 1. The van der Waals surface area contributed by atoms with Crippen molar-refractivity contribution in [2.24, 2.45) is 0 Å². The molecular weight excluding hydrogens is 525 g/mol. The van der Waals surface area contributed by atoms with Gasteiger partial charge in [-0.25, -0.2) is 4.98 Å². The SMILES string of the molecule is CC(C)NC(=N)c1c(O)nsc1Nc1ncc(C(=O)Nc2c(Cl)cc(C3CC3)cc2C(F)(F)F)s1. The summed E-state index contributed by atoms with van der Waals surface area (Å²) in [7, 11) is 0. The number of hydrogen-bond acceptors (Lipinski definition) is 8. The van der Waals surface area contributed by atoms with Crippen LogP contribution >= 0.6 is 34.5 Å². The third-order valence-corrected chi connectivity index (χ3v) is 6.97. The number of aromatic nitrogens is 2. The van der Waals surface area contributed by atoms with Gasteiger partial charge in [-0.2, -0.15) is 17.5 Å². The Morgan fingerprint density at radius 1 is 1.31 bits per heavy atom. The average molecular weight is 545 g/mol. The fourth-order valence-corrected chi connectivity index (χ4v) is 5.04. The highest BCUT2D eigenvalue weighted by Crippen LogP contribution is 2.46. The van der Waals surface area contributed by atoms with Crippen LogP contribution in [0.25, 0.3) is 0 Å². The van der Waals surface area contributed by atoms with Crippen LogP contribution in [0.3, 0.4) is 0 Å². The standard InChI is InChI=1S/C21H20ClF3N6O2S2/c1-8(2)28-16(26)14-18(33)31-35-19(14)30-20-27-7-13(34-20)17(32)29-15-11(21(23,24)25)5-10(6-12(15)22)9-3-4-9/h5-9H,3-4H2,1-2H3,(H2,26,28)(H,27,30)(H,29,32)(H,31,33). The molecule has 1 fully saturated rings. The molecule has 2 heterocycles. The van der Waals surface area contributed by atoms with E-state index in [1.807, 2.05) is 13.8 Å². The van der Waals surface area contributed by atoms with E-state index in [0.29, 0.717) is 10.6 Å². The van der Waals surface area contributed by atoms with Crippen LogP contribution in [0.15, 0.2) is 18.3 Å². The zero-order valence-corrected chi connectivity index (χ0v) is 20.8. The van der Waals surface area contributed by atoms with Crippen LogP contribution in [0.4, 0.5) is 29.0 Å². The summed E-state index contributed by atoms with van der Waals surface area (Å²) < 4.78 is 44.9. The average Bonchev–Trinajstić information content (AvgIpc) is 3.39. The van der Waals surface area contributed by atoms with Crippen molar-refractivity contribution in [1.82, 2.24) is 14.7 Å². The number of nitrogens with zero attached hydrogens (tertiary/aromatic N) is 2. The number of amides is 1. The normalized spacial score (nSPS) is 13.7. The van der Waals surface area contributed by atoms with Gasteiger partial charge in [0, 0.05) is 6.04 Å². The highest BCUT2D eigenvalue weighted by atomic mass is 35.5. The van der Waals surface area contributed by atoms with E-state index in [2.05, 4.69) is 25.3 Å². The molecule has 0 radical (unpaired) electrons. The Morgan fingerprint density at radius 2 is 2.03 bits per heavy atom. The van der Waals surface area contributed by atoms with Crippen molar-refractivity contribution < 1.29 is 23.1 Å². The third-order valence-electron chi connectivity index (χ3n) is 5.01. The van der Waals surface area contributed by atoms with Crippen LogP contribution < -0.4 is 16.0 Å². The summed E-state index contributed by atoms with van der Waals surface area (Å²) >= 11 is 7.92. The lowest BCUT2D eigenvalue weighted by molar-refractivity contribution is -0.137. The smallest absolute Gasteiger partial charge is 0.418 e. The summed E-state index contributed by atoms with van der Waals surface area (Å²) in [6.07, 6.45) is -1.87. The summed E-state index contributed by atoms with van der Waals surface area (Å²) in [6.45, 7) is 3.67. The largest absolute Gasteiger partial charge is 0.492 e. The van der Waals surface area contributed by atoms with Crippen molar-refractivity contribution in [3.63, 3.8) is 0 Å². The molecule has 0 saturated heterocycles. The second-order valence-corrected chi connectivity index (χ2v) is 10.4. The first-order chi connectivity index (χ1) is 16.4. The second-order valence-electron chi connectivity index (χ2n) is 8.19. The number of rotatable bonds is 7. The highest BCUT2D eigenvalue weighted by Gasteiger charge is 2.37. The van der Waals surface area contributed by atoms with Gasteiger partial charge in [0.15, 0.2) is 5.13 Å². The Morgan fingerprint density at radius 3 is 2.66 bits per heavy atom. The topological polar surface area (TPSA) is 123 Å². The van der Waals surface area contributed by atoms with Gasteiger partial charge in [-0.3, -0.25) is 10.2 Å². The number of halogens is 4. The number of aromatic hydroxyl groups is 1. The van der Waals surface area contributed by atoms with Crippen LogP contribution in [0.2, 0.25) is 5.02 Å². The van der Waals surface area contributed by atoms with E-state index in [9.17, 15) is 23.1 Å². The summed E-state index contributed by atoms with van der Waals surface area (Å²) in [6, 6.07) is 2.44. The lowest BCUT2D eigenvalue weighted by atomic mass is 10.0. The second kappa shape index (κ2) is 9.63. The molecule has 8 nitrogen and oxygen atoms in total. The maximum absolute atomic E-state index is 13.7. The van der Waals surface area contributed by atoms with E-state index in [-0.39, 0.29) is 44.3 Å². The molecule has 3 aromatic rings. The van der Waals surface area contributed by atoms with Gasteiger partial charge in [0.05, 0.1) is 22.5 Å². The number of benzene rings is 1. The monoisotopic (exact) mass is 544 g/mol. The van der Waals surface area contributed by atoms with Gasteiger partial charge in [-0.05, 0) is 61.8 Å². The zero-order valence-electron chi connectivity index (χ0n) is 18.4. The van der Waals surface area contributed by atoms with Crippen molar-refractivity contribution >= 4 is 62.0 Å². The highest BCUT2D eigenvalue weighted by molar-refractivity contribution is 7.18. The number of hydrogen-bond donors (Lipinski definition) is 5. The molecule has 2 aromatic heterocycles. The summed E-state index contributed by atoms with van der Waals surface area (Å²) in [5.74, 6) is -1.13. The molecule has 1 amide bonds. The van der Waals surface area contributed by atoms with Crippen LogP contribution in [0, 0.1) is 5.41 Å². The van der Waals surface area contributed by atoms with Gasteiger partial charge in [0.2, 0.25) is 5.88 Å². The fourth-order valence-electron chi connectivity index (χ4n) is 3.29. The van der Waals surface area contributed by atoms with E-state index in [4.69, 9.17) is 17.0 Å².